The van der Waals surface area contributed by atoms with Crippen LogP contribution in [0.1, 0.15) is 5.56 Å². The van der Waals surface area contributed by atoms with Crippen molar-refractivity contribution >= 4 is 5.91 Å². The molecule has 0 bridgehead atoms. The molecule has 1 amide bonds. The molecule has 0 saturated heterocycles. The molecule has 1 rings (SSSR count). The Bertz CT molecular complexity index is 412. The topological polar surface area (TPSA) is 52.9 Å². The molecule has 0 aromatic heterocycles. The predicted octanol–water partition coefficient (Wildman–Crippen LogP) is 1.15. The van der Waals surface area contributed by atoms with Crippen LogP contribution in [-0.4, -0.2) is 12.5 Å². The molecule has 0 aliphatic carbocycles. The zero-order valence-electron chi connectivity index (χ0n) is 7.76. The van der Waals surface area contributed by atoms with E-state index in [-0.39, 0.29) is 18.5 Å². The maximum absolute atomic E-state index is 13.0. The fourth-order valence-corrected chi connectivity index (χ4v) is 1.09. The first-order chi connectivity index (χ1) is 7.13. The van der Waals surface area contributed by atoms with Crippen molar-refractivity contribution in [1.29, 1.82) is 5.26 Å². The first-order valence-corrected chi connectivity index (χ1v) is 4.25. The fraction of sp³-hybridized carbons (Fsp3) is 0.200. The predicted molar refractivity (Wildman–Crippen MR) is 48.7 cm³/mol. The highest BCUT2D eigenvalue weighted by atomic mass is 19.1. The number of carbonyl (C=O) groups excluding carboxylic acids is 1. The van der Waals surface area contributed by atoms with E-state index in [1.54, 1.807) is 0 Å². The lowest BCUT2D eigenvalue weighted by Gasteiger charge is -2.03. The molecule has 0 atom stereocenters. The van der Waals surface area contributed by atoms with Crippen molar-refractivity contribution in [3.8, 4) is 6.07 Å². The summed E-state index contributed by atoms with van der Waals surface area (Å²) in [5.74, 6) is -1.84. The van der Waals surface area contributed by atoms with Gasteiger partial charge in [0, 0.05) is 6.54 Å². The number of hydrogen-bond acceptors (Lipinski definition) is 2. The number of rotatable bonds is 3. The largest absolute Gasteiger partial charge is 0.343 e. The summed E-state index contributed by atoms with van der Waals surface area (Å²) in [6.45, 7) is 0.104. The van der Waals surface area contributed by atoms with Crippen LogP contribution in [0.2, 0.25) is 0 Å². The fourth-order valence-electron chi connectivity index (χ4n) is 1.09. The van der Waals surface area contributed by atoms with Crippen molar-refractivity contribution in [1.82, 2.24) is 5.32 Å². The Morgan fingerprint density at radius 3 is 2.87 bits per heavy atom. The van der Waals surface area contributed by atoms with Crippen molar-refractivity contribution in [3.05, 3.63) is 35.4 Å². The third-order valence-electron chi connectivity index (χ3n) is 1.79. The molecular formula is C10H8F2N2O. The molecule has 0 heterocycles. The quantitative estimate of drug-likeness (QED) is 0.761. The Labute approximate surface area is 85.3 Å². The lowest BCUT2D eigenvalue weighted by Crippen LogP contribution is -2.24. The molecular weight excluding hydrogens is 202 g/mol. The van der Waals surface area contributed by atoms with E-state index >= 15 is 0 Å². The SMILES string of the molecule is N#CC(=O)NCCc1cc(F)ccc1F. The van der Waals surface area contributed by atoms with Gasteiger partial charge in [-0.15, -0.1) is 0 Å². The summed E-state index contributed by atoms with van der Waals surface area (Å²) < 4.78 is 25.7. The third-order valence-corrected chi connectivity index (χ3v) is 1.79. The molecule has 3 nitrogen and oxygen atoms in total. The molecule has 0 aliphatic rings. The Morgan fingerprint density at radius 2 is 2.20 bits per heavy atom. The van der Waals surface area contributed by atoms with Gasteiger partial charge in [0.05, 0.1) is 0 Å². The number of halogens is 2. The van der Waals surface area contributed by atoms with Gasteiger partial charge in [-0.25, -0.2) is 8.78 Å². The van der Waals surface area contributed by atoms with E-state index in [0.29, 0.717) is 0 Å². The highest BCUT2D eigenvalue weighted by Crippen LogP contribution is 2.09. The van der Waals surface area contributed by atoms with Gasteiger partial charge in [0.15, 0.2) is 6.07 Å². The maximum atomic E-state index is 13.0. The van der Waals surface area contributed by atoms with Gasteiger partial charge in [0.2, 0.25) is 0 Å². The lowest BCUT2D eigenvalue weighted by atomic mass is 10.1. The van der Waals surface area contributed by atoms with Crippen LogP contribution in [0.5, 0.6) is 0 Å². The highest BCUT2D eigenvalue weighted by Gasteiger charge is 2.04. The molecule has 1 aromatic carbocycles. The Balaban J connectivity index is 2.54. The lowest BCUT2D eigenvalue weighted by molar-refractivity contribution is -0.115. The van der Waals surface area contributed by atoms with E-state index in [0.717, 1.165) is 18.2 Å². The van der Waals surface area contributed by atoms with Crippen molar-refractivity contribution in [2.45, 2.75) is 6.42 Å². The van der Waals surface area contributed by atoms with Gasteiger partial charge in [0.25, 0.3) is 0 Å². The van der Waals surface area contributed by atoms with Crippen molar-refractivity contribution < 1.29 is 13.6 Å². The van der Waals surface area contributed by atoms with Gasteiger partial charge < -0.3 is 5.32 Å². The smallest absolute Gasteiger partial charge is 0.322 e. The Kier molecular flexibility index (Phi) is 3.75. The molecule has 0 spiro atoms. The summed E-state index contributed by atoms with van der Waals surface area (Å²) in [6.07, 6.45) is 0.150. The summed E-state index contributed by atoms with van der Waals surface area (Å²) in [7, 11) is 0. The van der Waals surface area contributed by atoms with Crippen LogP contribution in [0.3, 0.4) is 0 Å². The summed E-state index contributed by atoms with van der Waals surface area (Å²) in [5.41, 5.74) is 0.174. The van der Waals surface area contributed by atoms with Gasteiger partial charge in [0.1, 0.15) is 11.6 Å². The van der Waals surface area contributed by atoms with Crippen molar-refractivity contribution in [2.24, 2.45) is 0 Å². The summed E-state index contributed by atoms with van der Waals surface area (Å²) >= 11 is 0. The molecule has 0 aliphatic heterocycles. The third kappa shape index (κ3) is 3.35. The van der Waals surface area contributed by atoms with Gasteiger partial charge in [-0.1, -0.05) is 0 Å². The van der Waals surface area contributed by atoms with Crippen LogP contribution in [0.25, 0.3) is 0 Å². The zero-order chi connectivity index (χ0) is 11.3. The average Bonchev–Trinajstić information content (AvgIpc) is 2.23. The molecule has 1 N–H and O–H groups in total. The van der Waals surface area contributed by atoms with Crippen LogP contribution in [0.4, 0.5) is 8.78 Å². The number of nitrogens with one attached hydrogen (secondary N) is 1. The molecule has 0 radical (unpaired) electrons. The monoisotopic (exact) mass is 210 g/mol. The van der Waals surface area contributed by atoms with Gasteiger partial charge >= 0.3 is 5.91 Å². The number of carbonyl (C=O) groups is 1. The average molecular weight is 210 g/mol. The van der Waals surface area contributed by atoms with Crippen molar-refractivity contribution in [2.75, 3.05) is 6.54 Å². The second-order valence-electron chi connectivity index (χ2n) is 2.85. The van der Waals surface area contributed by atoms with E-state index in [2.05, 4.69) is 5.32 Å². The van der Waals surface area contributed by atoms with Crippen LogP contribution < -0.4 is 5.32 Å². The summed E-state index contributed by atoms with van der Waals surface area (Å²) in [6, 6.07) is 4.47. The molecule has 78 valence electrons. The summed E-state index contributed by atoms with van der Waals surface area (Å²) in [5, 5.41) is 10.4. The van der Waals surface area contributed by atoms with E-state index in [4.69, 9.17) is 5.26 Å². The van der Waals surface area contributed by atoms with E-state index in [1.165, 1.54) is 6.07 Å². The normalized spacial score (nSPS) is 9.40. The number of nitriles is 1. The van der Waals surface area contributed by atoms with Crippen molar-refractivity contribution in [3.63, 3.8) is 0 Å². The molecule has 0 saturated carbocycles. The zero-order valence-corrected chi connectivity index (χ0v) is 7.76. The van der Waals surface area contributed by atoms with Gasteiger partial charge in [-0.3, -0.25) is 4.79 Å². The molecule has 1 aromatic rings. The maximum Gasteiger partial charge on any atom is 0.322 e. The van der Waals surface area contributed by atoms with E-state index < -0.39 is 17.5 Å². The second kappa shape index (κ2) is 5.05. The molecule has 0 unspecified atom stereocenters. The van der Waals surface area contributed by atoms with Crippen LogP contribution >= 0.6 is 0 Å². The van der Waals surface area contributed by atoms with Crippen LogP contribution in [0.15, 0.2) is 18.2 Å². The Morgan fingerprint density at radius 1 is 1.47 bits per heavy atom. The van der Waals surface area contributed by atoms with E-state index in [9.17, 15) is 13.6 Å². The number of hydrogen-bond donors (Lipinski definition) is 1. The van der Waals surface area contributed by atoms with Crippen LogP contribution in [0, 0.1) is 23.0 Å². The Hall–Kier alpha value is -1.96. The van der Waals surface area contributed by atoms with E-state index in [1.807, 2.05) is 0 Å². The molecule has 0 fully saturated rings. The first kappa shape index (κ1) is 11.1. The van der Waals surface area contributed by atoms with Crippen LogP contribution in [-0.2, 0) is 11.2 Å². The minimum atomic E-state index is -0.785. The highest BCUT2D eigenvalue weighted by molar-refractivity contribution is 5.91. The minimum absolute atomic E-state index is 0.104. The standard InChI is InChI=1S/C10H8F2N2O/c11-8-1-2-9(12)7(5-8)3-4-14-10(15)6-13/h1-2,5H,3-4H2,(H,14,15). The molecule has 15 heavy (non-hydrogen) atoms. The second-order valence-corrected chi connectivity index (χ2v) is 2.85. The summed E-state index contributed by atoms with van der Waals surface area (Å²) in [4.78, 5) is 10.5. The van der Waals surface area contributed by atoms with Gasteiger partial charge in [-0.2, -0.15) is 5.26 Å². The number of nitrogens with zero attached hydrogens (tertiary/aromatic N) is 1. The molecule has 5 heteroatoms. The minimum Gasteiger partial charge on any atom is -0.343 e. The van der Waals surface area contributed by atoms with Gasteiger partial charge in [-0.05, 0) is 30.2 Å². The number of benzene rings is 1. The first-order valence-electron chi connectivity index (χ1n) is 4.25. The number of amides is 1.